The summed E-state index contributed by atoms with van der Waals surface area (Å²) in [7, 11) is -3.60. The number of hydrogen-bond donors (Lipinski definition) is 2. The number of carbonyl (C=O) groups excluding carboxylic acids is 1. The average molecular weight is 418 g/mol. The van der Waals surface area contributed by atoms with Gasteiger partial charge in [-0.25, -0.2) is 13.8 Å². The fraction of sp³-hybridized carbons (Fsp3) is 0.300. The molecule has 2 N–H and O–H groups in total. The summed E-state index contributed by atoms with van der Waals surface area (Å²) in [5, 5.41) is 5.95. The first kappa shape index (κ1) is 20.3. The Balaban J connectivity index is 1.66. The van der Waals surface area contributed by atoms with Crippen LogP contribution in [0.5, 0.6) is 0 Å². The SMILES string of the molecule is CC1=CC(=NNC(=O)c2ccc(NS(=O)(=O)c3cccs3)cc2)CC(C)(C)C1. The van der Waals surface area contributed by atoms with Crippen LogP contribution in [0.4, 0.5) is 5.69 Å². The van der Waals surface area contributed by atoms with Gasteiger partial charge < -0.3 is 0 Å². The Labute approximate surface area is 169 Å². The van der Waals surface area contributed by atoms with Crippen LogP contribution in [0.3, 0.4) is 0 Å². The van der Waals surface area contributed by atoms with E-state index >= 15 is 0 Å². The minimum absolute atomic E-state index is 0.129. The van der Waals surface area contributed by atoms with Crippen molar-refractivity contribution in [3.8, 4) is 0 Å². The third kappa shape index (κ3) is 5.08. The molecule has 1 heterocycles. The molecule has 28 heavy (non-hydrogen) atoms. The van der Waals surface area contributed by atoms with Crippen LogP contribution in [0, 0.1) is 5.41 Å². The Bertz CT molecular complexity index is 1020. The van der Waals surface area contributed by atoms with E-state index in [-0.39, 0.29) is 15.5 Å². The minimum atomic E-state index is -3.60. The fourth-order valence-electron chi connectivity index (χ4n) is 3.26. The molecule has 0 fully saturated rings. The Morgan fingerprint density at radius 2 is 1.86 bits per heavy atom. The van der Waals surface area contributed by atoms with Crippen molar-refractivity contribution >= 4 is 38.7 Å². The van der Waals surface area contributed by atoms with E-state index in [0.717, 1.165) is 29.9 Å². The lowest BCUT2D eigenvalue weighted by atomic mass is 9.77. The predicted octanol–water partition coefficient (Wildman–Crippen LogP) is 4.40. The molecule has 0 bridgehead atoms. The molecule has 0 spiro atoms. The zero-order valence-electron chi connectivity index (χ0n) is 16.0. The van der Waals surface area contributed by atoms with Crippen molar-refractivity contribution in [1.29, 1.82) is 0 Å². The van der Waals surface area contributed by atoms with E-state index in [0.29, 0.717) is 11.3 Å². The highest BCUT2D eigenvalue weighted by Gasteiger charge is 2.24. The monoisotopic (exact) mass is 417 g/mol. The van der Waals surface area contributed by atoms with Crippen molar-refractivity contribution in [3.63, 3.8) is 0 Å². The summed E-state index contributed by atoms with van der Waals surface area (Å²) in [5.41, 5.74) is 5.60. The second kappa shape index (κ2) is 7.89. The first-order chi connectivity index (χ1) is 13.1. The zero-order chi connectivity index (χ0) is 20.4. The van der Waals surface area contributed by atoms with Gasteiger partial charge in [0.15, 0.2) is 0 Å². The van der Waals surface area contributed by atoms with Crippen LogP contribution in [0.15, 0.2) is 62.7 Å². The van der Waals surface area contributed by atoms with Gasteiger partial charge in [-0.05, 0) is 67.0 Å². The number of thiophene rings is 1. The molecular weight excluding hydrogens is 394 g/mol. The quantitative estimate of drug-likeness (QED) is 0.707. The molecule has 1 aliphatic rings. The van der Waals surface area contributed by atoms with Crippen LogP contribution in [-0.2, 0) is 10.0 Å². The maximum Gasteiger partial charge on any atom is 0.271 e. The number of benzene rings is 1. The van der Waals surface area contributed by atoms with Crippen molar-refractivity contribution in [2.45, 2.75) is 37.8 Å². The molecule has 0 saturated heterocycles. The Kier molecular flexibility index (Phi) is 5.71. The summed E-state index contributed by atoms with van der Waals surface area (Å²) in [4.78, 5) is 12.3. The van der Waals surface area contributed by atoms with E-state index in [9.17, 15) is 13.2 Å². The topological polar surface area (TPSA) is 87.6 Å². The second-order valence-electron chi connectivity index (χ2n) is 7.67. The number of amides is 1. The maximum absolute atomic E-state index is 12.3. The van der Waals surface area contributed by atoms with Crippen molar-refractivity contribution in [3.05, 3.63) is 59.0 Å². The van der Waals surface area contributed by atoms with E-state index in [4.69, 9.17) is 0 Å². The predicted molar refractivity (Wildman–Crippen MR) is 113 cm³/mol. The Morgan fingerprint density at radius 1 is 1.14 bits per heavy atom. The van der Waals surface area contributed by atoms with Gasteiger partial charge in [-0.1, -0.05) is 25.5 Å². The van der Waals surface area contributed by atoms with E-state index in [1.165, 1.54) is 11.6 Å². The van der Waals surface area contributed by atoms with Gasteiger partial charge in [-0.3, -0.25) is 9.52 Å². The van der Waals surface area contributed by atoms with Gasteiger partial charge >= 0.3 is 0 Å². The molecule has 148 valence electrons. The first-order valence-corrected chi connectivity index (χ1v) is 11.2. The molecule has 0 radical (unpaired) electrons. The summed E-state index contributed by atoms with van der Waals surface area (Å²) in [5.74, 6) is -0.338. The largest absolute Gasteiger partial charge is 0.279 e. The molecule has 0 aliphatic heterocycles. The summed E-state index contributed by atoms with van der Waals surface area (Å²) in [6, 6.07) is 9.46. The van der Waals surface area contributed by atoms with Crippen LogP contribution in [-0.4, -0.2) is 20.0 Å². The number of nitrogens with zero attached hydrogens (tertiary/aromatic N) is 1. The molecule has 2 aromatic rings. The van der Waals surface area contributed by atoms with E-state index in [2.05, 4.69) is 36.0 Å². The van der Waals surface area contributed by atoms with Gasteiger partial charge in [0.25, 0.3) is 15.9 Å². The molecule has 3 rings (SSSR count). The third-order valence-corrected chi connectivity index (χ3v) is 7.07. The van der Waals surface area contributed by atoms with Gasteiger partial charge in [0.1, 0.15) is 4.21 Å². The number of sulfonamides is 1. The van der Waals surface area contributed by atoms with Gasteiger partial charge in [0.2, 0.25) is 0 Å². The standard InChI is InChI=1S/C20H23N3O3S2/c1-14-11-17(13-20(2,3)12-14)21-22-19(24)15-6-8-16(9-7-15)23-28(25,26)18-5-4-10-27-18/h4-11,23H,12-13H2,1-3H3,(H,22,24). The third-order valence-electron chi connectivity index (χ3n) is 4.29. The van der Waals surface area contributed by atoms with Crippen LogP contribution < -0.4 is 10.1 Å². The lowest BCUT2D eigenvalue weighted by Gasteiger charge is -2.29. The van der Waals surface area contributed by atoms with E-state index in [1.54, 1.807) is 35.7 Å². The van der Waals surface area contributed by atoms with Crippen molar-refractivity contribution in [2.75, 3.05) is 4.72 Å². The van der Waals surface area contributed by atoms with Crippen LogP contribution in [0.25, 0.3) is 0 Å². The molecule has 0 saturated carbocycles. The highest BCUT2D eigenvalue weighted by Crippen LogP contribution is 2.33. The molecule has 1 aliphatic carbocycles. The number of hydrazone groups is 1. The van der Waals surface area contributed by atoms with Gasteiger partial charge in [0.05, 0.1) is 5.71 Å². The van der Waals surface area contributed by atoms with Gasteiger partial charge in [-0.2, -0.15) is 5.10 Å². The minimum Gasteiger partial charge on any atom is -0.279 e. The van der Waals surface area contributed by atoms with Crippen LogP contribution in [0.2, 0.25) is 0 Å². The highest BCUT2D eigenvalue weighted by atomic mass is 32.2. The number of nitrogens with one attached hydrogen (secondary N) is 2. The number of allylic oxidation sites excluding steroid dienone is 2. The molecular formula is C20H23N3O3S2. The molecule has 0 unspecified atom stereocenters. The summed E-state index contributed by atoms with van der Waals surface area (Å²) in [6.07, 6.45) is 3.82. The Hall–Kier alpha value is -2.45. The normalized spacial score (nSPS) is 17.8. The number of rotatable bonds is 5. The van der Waals surface area contributed by atoms with E-state index < -0.39 is 10.0 Å². The van der Waals surface area contributed by atoms with Crippen LogP contribution in [0.1, 0.15) is 44.0 Å². The molecule has 1 amide bonds. The molecule has 8 heteroatoms. The number of anilines is 1. The Morgan fingerprint density at radius 3 is 2.46 bits per heavy atom. The van der Waals surface area contributed by atoms with E-state index in [1.807, 2.05) is 6.08 Å². The lowest BCUT2D eigenvalue weighted by Crippen LogP contribution is -2.25. The number of carbonyl (C=O) groups is 1. The summed E-state index contributed by atoms with van der Waals surface area (Å²) in [6.45, 7) is 6.42. The highest BCUT2D eigenvalue weighted by molar-refractivity contribution is 7.94. The average Bonchev–Trinajstić information content (AvgIpc) is 3.14. The fourth-order valence-corrected chi connectivity index (χ4v) is 5.32. The molecule has 0 atom stereocenters. The zero-order valence-corrected chi connectivity index (χ0v) is 17.7. The molecule has 1 aromatic heterocycles. The number of hydrogen-bond acceptors (Lipinski definition) is 5. The lowest BCUT2D eigenvalue weighted by molar-refractivity contribution is 0.0954. The van der Waals surface area contributed by atoms with Crippen molar-refractivity contribution in [2.24, 2.45) is 10.5 Å². The van der Waals surface area contributed by atoms with Crippen molar-refractivity contribution in [1.82, 2.24) is 5.43 Å². The van der Waals surface area contributed by atoms with Crippen molar-refractivity contribution < 1.29 is 13.2 Å². The maximum atomic E-state index is 12.3. The summed E-state index contributed by atoms with van der Waals surface area (Å²) >= 11 is 1.14. The molecule has 1 aromatic carbocycles. The summed E-state index contributed by atoms with van der Waals surface area (Å²) < 4.78 is 27.2. The smallest absolute Gasteiger partial charge is 0.271 e. The first-order valence-electron chi connectivity index (χ1n) is 8.85. The van der Waals surface area contributed by atoms with Crippen LogP contribution >= 0.6 is 11.3 Å². The second-order valence-corrected chi connectivity index (χ2v) is 10.5. The van der Waals surface area contributed by atoms with Gasteiger partial charge in [0, 0.05) is 11.3 Å². The molecule has 6 nitrogen and oxygen atoms in total. The van der Waals surface area contributed by atoms with Gasteiger partial charge in [-0.15, -0.1) is 11.3 Å².